The van der Waals surface area contributed by atoms with E-state index in [4.69, 9.17) is 5.11 Å². The van der Waals surface area contributed by atoms with Crippen LogP contribution in [-0.4, -0.2) is 11.1 Å². The Labute approximate surface area is 66.6 Å². The van der Waals surface area contributed by atoms with Crippen LogP contribution in [0.15, 0.2) is 0 Å². The fourth-order valence-corrected chi connectivity index (χ4v) is 1.84. The van der Waals surface area contributed by atoms with Crippen LogP contribution in [0.4, 0.5) is 0 Å². The SMILES string of the molecule is CC1CC1CC1(C(=O)O)CC1. The predicted molar refractivity (Wildman–Crippen MR) is 41.2 cm³/mol. The molecular weight excluding hydrogens is 140 g/mol. The van der Waals surface area contributed by atoms with E-state index in [1.807, 2.05) is 0 Å². The van der Waals surface area contributed by atoms with Crippen molar-refractivity contribution >= 4 is 5.97 Å². The Kier molecular flexibility index (Phi) is 1.29. The van der Waals surface area contributed by atoms with Crippen LogP contribution in [0.25, 0.3) is 0 Å². The zero-order chi connectivity index (χ0) is 8.06. The lowest BCUT2D eigenvalue weighted by Crippen LogP contribution is -2.15. The highest BCUT2D eigenvalue weighted by molar-refractivity contribution is 5.77. The van der Waals surface area contributed by atoms with Gasteiger partial charge in [-0.25, -0.2) is 0 Å². The highest BCUT2D eigenvalue weighted by Gasteiger charge is 2.54. The summed E-state index contributed by atoms with van der Waals surface area (Å²) in [6, 6.07) is 0. The fraction of sp³-hybridized carbons (Fsp3) is 0.889. The van der Waals surface area contributed by atoms with Gasteiger partial charge in [0.05, 0.1) is 5.41 Å². The van der Waals surface area contributed by atoms with Crippen molar-refractivity contribution in [3.63, 3.8) is 0 Å². The van der Waals surface area contributed by atoms with Crippen molar-refractivity contribution in [3.8, 4) is 0 Å². The highest BCUT2D eigenvalue weighted by Crippen LogP contribution is 2.56. The molecular formula is C9H14O2. The molecule has 0 aromatic heterocycles. The third kappa shape index (κ3) is 1.15. The Hall–Kier alpha value is -0.530. The molecule has 0 aromatic rings. The minimum Gasteiger partial charge on any atom is -0.481 e. The minimum atomic E-state index is -0.559. The van der Waals surface area contributed by atoms with Gasteiger partial charge in [-0.1, -0.05) is 6.92 Å². The monoisotopic (exact) mass is 154 g/mol. The van der Waals surface area contributed by atoms with Crippen LogP contribution in [0.1, 0.15) is 32.6 Å². The van der Waals surface area contributed by atoms with E-state index in [0.717, 1.165) is 31.1 Å². The van der Waals surface area contributed by atoms with E-state index >= 15 is 0 Å². The Bertz CT molecular complexity index is 194. The van der Waals surface area contributed by atoms with Gasteiger partial charge >= 0.3 is 5.97 Å². The zero-order valence-corrected chi connectivity index (χ0v) is 6.84. The molecule has 0 bridgehead atoms. The van der Waals surface area contributed by atoms with E-state index < -0.39 is 5.97 Å². The Morgan fingerprint density at radius 3 is 2.45 bits per heavy atom. The van der Waals surface area contributed by atoms with Gasteiger partial charge in [-0.05, 0) is 37.5 Å². The summed E-state index contributed by atoms with van der Waals surface area (Å²) >= 11 is 0. The van der Waals surface area contributed by atoms with Crippen molar-refractivity contribution < 1.29 is 9.90 Å². The van der Waals surface area contributed by atoms with Crippen LogP contribution >= 0.6 is 0 Å². The number of carboxylic acids is 1. The van der Waals surface area contributed by atoms with Crippen LogP contribution in [0, 0.1) is 17.3 Å². The summed E-state index contributed by atoms with van der Waals surface area (Å²) in [5.41, 5.74) is -0.268. The molecule has 11 heavy (non-hydrogen) atoms. The predicted octanol–water partition coefficient (Wildman–Crippen LogP) is 1.90. The zero-order valence-electron chi connectivity index (χ0n) is 6.84. The first-order valence-corrected chi connectivity index (χ1v) is 4.37. The average molecular weight is 154 g/mol. The summed E-state index contributed by atoms with van der Waals surface area (Å²) in [7, 11) is 0. The maximum atomic E-state index is 10.8. The smallest absolute Gasteiger partial charge is 0.309 e. The summed E-state index contributed by atoms with van der Waals surface area (Å²) in [6.45, 7) is 2.21. The first-order chi connectivity index (χ1) is 5.14. The quantitative estimate of drug-likeness (QED) is 0.674. The first kappa shape index (κ1) is 7.14. The minimum absolute atomic E-state index is 0.268. The van der Waals surface area contributed by atoms with E-state index in [1.54, 1.807) is 0 Å². The van der Waals surface area contributed by atoms with Gasteiger partial charge in [0.15, 0.2) is 0 Å². The van der Waals surface area contributed by atoms with Crippen molar-refractivity contribution in [1.82, 2.24) is 0 Å². The van der Waals surface area contributed by atoms with Crippen molar-refractivity contribution in [3.05, 3.63) is 0 Å². The Morgan fingerprint density at radius 1 is 1.64 bits per heavy atom. The van der Waals surface area contributed by atoms with Gasteiger partial charge in [0.1, 0.15) is 0 Å². The molecule has 2 aliphatic rings. The van der Waals surface area contributed by atoms with E-state index in [9.17, 15) is 4.79 Å². The Morgan fingerprint density at radius 2 is 2.18 bits per heavy atom. The van der Waals surface area contributed by atoms with Crippen molar-refractivity contribution in [1.29, 1.82) is 0 Å². The molecule has 2 aliphatic carbocycles. The van der Waals surface area contributed by atoms with Crippen LogP contribution in [0.5, 0.6) is 0 Å². The standard InChI is InChI=1S/C9H14O2/c1-6-4-7(6)5-9(2-3-9)8(10)11/h6-7H,2-5H2,1H3,(H,10,11). The van der Waals surface area contributed by atoms with E-state index in [1.165, 1.54) is 6.42 Å². The molecule has 62 valence electrons. The lowest BCUT2D eigenvalue weighted by atomic mass is 9.99. The molecule has 1 N–H and O–H groups in total. The van der Waals surface area contributed by atoms with Crippen molar-refractivity contribution in [2.24, 2.45) is 17.3 Å². The number of hydrogen-bond donors (Lipinski definition) is 1. The maximum Gasteiger partial charge on any atom is 0.309 e. The fourth-order valence-electron chi connectivity index (χ4n) is 1.84. The summed E-state index contributed by atoms with van der Waals surface area (Å²) in [5, 5.41) is 8.87. The molecule has 0 radical (unpaired) electrons. The molecule has 0 heterocycles. The molecule has 2 saturated carbocycles. The molecule has 2 rings (SSSR count). The van der Waals surface area contributed by atoms with Gasteiger partial charge < -0.3 is 5.11 Å². The van der Waals surface area contributed by atoms with Gasteiger partial charge in [-0.3, -0.25) is 4.79 Å². The second-order valence-corrected chi connectivity index (χ2v) is 4.26. The molecule has 2 fully saturated rings. The third-order valence-corrected chi connectivity index (χ3v) is 3.24. The van der Waals surface area contributed by atoms with E-state index in [2.05, 4.69) is 6.92 Å². The lowest BCUT2D eigenvalue weighted by molar-refractivity contribution is -0.143. The molecule has 0 aromatic carbocycles. The first-order valence-electron chi connectivity index (χ1n) is 4.37. The molecule has 0 aliphatic heterocycles. The normalized spacial score (nSPS) is 38.3. The molecule has 2 heteroatoms. The average Bonchev–Trinajstić information content (AvgIpc) is 2.76. The molecule has 2 unspecified atom stereocenters. The van der Waals surface area contributed by atoms with Gasteiger partial charge in [-0.2, -0.15) is 0 Å². The van der Waals surface area contributed by atoms with Crippen molar-refractivity contribution in [2.75, 3.05) is 0 Å². The number of carbonyl (C=O) groups is 1. The molecule has 0 spiro atoms. The number of aliphatic carboxylic acids is 1. The van der Waals surface area contributed by atoms with Crippen LogP contribution in [0.2, 0.25) is 0 Å². The number of carboxylic acid groups (broad SMARTS) is 1. The number of rotatable bonds is 3. The molecule has 0 saturated heterocycles. The van der Waals surface area contributed by atoms with Crippen LogP contribution in [-0.2, 0) is 4.79 Å². The summed E-state index contributed by atoms with van der Waals surface area (Å²) < 4.78 is 0. The lowest BCUT2D eigenvalue weighted by Gasteiger charge is -2.07. The summed E-state index contributed by atoms with van der Waals surface area (Å²) in [4.78, 5) is 10.8. The van der Waals surface area contributed by atoms with Gasteiger partial charge in [0.2, 0.25) is 0 Å². The van der Waals surface area contributed by atoms with E-state index in [-0.39, 0.29) is 5.41 Å². The topological polar surface area (TPSA) is 37.3 Å². The van der Waals surface area contributed by atoms with Crippen LogP contribution in [0.3, 0.4) is 0 Å². The second-order valence-electron chi connectivity index (χ2n) is 4.26. The van der Waals surface area contributed by atoms with Gasteiger partial charge in [0.25, 0.3) is 0 Å². The summed E-state index contributed by atoms with van der Waals surface area (Å²) in [5.74, 6) is 0.969. The maximum absolute atomic E-state index is 10.8. The Balaban J connectivity index is 1.90. The molecule has 2 atom stereocenters. The summed E-state index contributed by atoms with van der Waals surface area (Å²) in [6.07, 6.45) is 4.05. The second kappa shape index (κ2) is 1.99. The van der Waals surface area contributed by atoms with Crippen LogP contribution < -0.4 is 0 Å². The highest BCUT2D eigenvalue weighted by atomic mass is 16.4. The third-order valence-electron chi connectivity index (χ3n) is 3.24. The van der Waals surface area contributed by atoms with E-state index in [0.29, 0.717) is 0 Å². The number of hydrogen-bond acceptors (Lipinski definition) is 1. The van der Waals surface area contributed by atoms with Crippen molar-refractivity contribution in [2.45, 2.75) is 32.6 Å². The molecule has 2 nitrogen and oxygen atoms in total. The molecule has 0 amide bonds. The van der Waals surface area contributed by atoms with Gasteiger partial charge in [0, 0.05) is 0 Å². The van der Waals surface area contributed by atoms with Gasteiger partial charge in [-0.15, -0.1) is 0 Å². The largest absolute Gasteiger partial charge is 0.481 e.